The van der Waals surface area contributed by atoms with E-state index in [1.807, 2.05) is 24.3 Å². The van der Waals surface area contributed by atoms with Crippen molar-refractivity contribution >= 4 is 28.9 Å². The van der Waals surface area contributed by atoms with Crippen molar-refractivity contribution in [1.82, 2.24) is 0 Å². The highest BCUT2D eigenvalue weighted by Gasteiger charge is 2.07. The summed E-state index contributed by atoms with van der Waals surface area (Å²) in [5, 5.41) is 6.26. The molecule has 2 rings (SSSR count). The van der Waals surface area contributed by atoms with Gasteiger partial charge in [0.2, 0.25) is 5.91 Å². The predicted octanol–water partition coefficient (Wildman–Crippen LogP) is 3.96. The molecule has 0 radical (unpaired) electrons. The maximum atomic E-state index is 12.1. The summed E-state index contributed by atoms with van der Waals surface area (Å²) in [6, 6.07) is 12.5. The number of nitrogens with one attached hydrogen (secondary N) is 2. The number of hydrogen-bond donors (Lipinski definition) is 2. The Balaban J connectivity index is 1.94. The standard InChI is InChI=1S/C18H19ClN2O3/c1-3-10-24-17-7-5-4-6-15(17)20-12-18(22)21-13-8-9-16(23-2)14(19)11-13/h3-9,11,20H,1,10,12H2,2H3,(H,21,22). The second-order valence-corrected chi connectivity index (χ2v) is 5.25. The molecule has 2 N–H and O–H groups in total. The number of ether oxygens (including phenoxy) is 2. The zero-order valence-corrected chi connectivity index (χ0v) is 14.1. The van der Waals surface area contributed by atoms with Crippen LogP contribution < -0.4 is 20.1 Å². The summed E-state index contributed by atoms with van der Waals surface area (Å²) in [4.78, 5) is 12.1. The lowest BCUT2D eigenvalue weighted by Gasteiger charge is -2.12. The highest BCUT2D eigenvalue weighted by Crippen LogP contribution is 2.27. The summed E-state index contributed by atoms with van der Waals surface area (Å²) in [5.41, 5.74) is 1.34. The van der Waals surface area contributed by atoms with Gasteiger partial charge in [-0.15, -0.1) is 0 Å². The number of carbonyl (C=O) groups is 1. The number of rotatable bonds is 8. The van der Waals surface area contributed by atoms with Crippen molar-refractivity contribution in [3.05, 3.63) is 60.1 Å². The number of amides is 1. The molecule has 0 aliphatic heterocycles. The Morgan fingerprint density at radius 2 is 2.04 bits per heavy atom. The fourth-order valence-corrected chi connectivity index (χ4v) is 2.27. The van der Waals surface area contributed by atoms with Gasteiger partial charge in [0.25, 0.3) is 0 Å². The van der Waals surface area contributed by atoms with Crippen molar-refractivity contribution in [2.75, 3.05) is 30.9 Å². The normalized spacial score (nSPS) is 9.92. The van der Waals surface area contributed by atoms with Crippen molar-refractivity contribution in [2.24, 2.45) is 0 Å². The Kier molecular flexibility index (Phi) is 6.51. The van der Waals surface area contributed by atoms with Crippen molar-refractivity contribution in [1.29, 1.82) is 0 Å². The molecule has 126 valence electrons. The lowest BCUT2D eigenvalue weighted by Crippen LogP contribution is -2.22. The van der Waals surface area contributed by atoms with Gasteiger partial charge in [0, 0.05) is 5.69 Å². The third-order valence-electron chi connectivity index (χ3n) is 3.12. The van der Waals surface area contributed by atoms with Crippen LogP contribution in [0.1, 0.15) is 0 Å². The summed E-state index contributed by atoms with van der Waals surface area (Å²) in [7, 11) is 1.54. The van der Waals surface area contributed by atoms with Crippen molar-refractivity contribution in [3.8, 4) is 11.5 Å². The molecular formula is C18H19ClN2O3. The minimum atomic E-state index is -0.199. The van der Waals surface area contributed by atoms with Crippen LogP contribution in [-0.2, 0) is 4.79 Å². The molecule has 24 heavy (non-hydrogen) atoms. The molecule has 0 fully saturated rings. The van der Waals surface area contributed by atoms with E-state index in [4.69, 9.17) is 21.1 Å². The first-order valence-corrected chi connectivity index (χ1v) is 7.72. The van der Waals surface area contributed by atoms with E-state index >= 15 is 0 Å². The van der Waals surface area contributed by atoms with Crippen LogP contribution in [0.25, 0.3) is 0 Å². The van der Waals surface area contributed by atoms with Gasteiger partial charge in [-0.3, -0.25) is 4.79 Å². The van der Waals surface area contributed by atoms with Gasteiger partial charge in [-0.2, -0.15) is 0 Å². The minimum Gasteiger partial charge on any atom is -0.495 e. The van der Waals surface area contributed by atoms with E-state index in [0.29, 0.717) is 28.8 Å². The maximum Gasteiger partial charge on any atom is 0.243 e. The average molecular weight is 347 g/mol. The zero-order valence-electron chi connectivity index (χ0n) is 13.3. The van der Waals surface area contributed by atoms with E-state index in [1.165, 1.54) is 7.11 Å². The van der Waals surface area contributed by atoms with Gasteiger partial charge in [0.1, 0.15) is 18.1 Å². The van der Waals surface area contributed by atoms with Crippen LogP contribution in [0.2, 0.25) is 5.02 Å². The minimum absolute atomic E-state index is 0.0953. The first-order chi connectivity index (χ1) is 11.6. The van der Waals surface area contributed by atoms with Gasteiger partial charge in [0.15, 0.2) is 0 Å². The molecule has 0 bridgehead atoms. The molecular weight excluding hydrogens is 328 g/mol. The first-order valence-electron chi connectivity index (χ1n) is 7.34. The average Bonchev–Trinajstić information content (AvgIpc) is 2.59. The Labute approximate surface area is 146 Å². The van der Waals surface area contributed by atoms with Crippen LogP contribution in [0.5, 0.6) is 11.5 Å². The maximum absolute atomic E-state index is 12.1. The van der Waals surface area contributed by atoms with Crippen LogP contribution in [0.3, 0.4) is 0 Å². The van der Waals surface area contributed by atoms with E-state index in [1.54, 1.807) is 24.3 Å². The smallest absolute Gasteiger partial charge is 0.243 e. The number of anilines is 2. The first kappa shape index (κ1) is 17.7. The molecule has 0 aliphatic rings. The largest absolute Gasteiger partial charge is 0.495 e. The monoisotopic (exact) mass is 346 g/mol. The van der Waals surface area contributed by atoms with Crippen LogP contribution in [-0.4, -0.2) is 26.2 Å². The van der Waals surface area contributed by atoms with Gasteiger partial charge in [-0.05, 0) is 30.3 Å². The number of para-hydroxylation sites is 2. The van der Waals surface area contributed by atoms with Crippen LogP contribution in [0.4, 0.5) is 11.4 Å². The number of carbonyl (C=O) groups excluding carboxylic acids is 1. The predicted molar refractivity (Wildman–Crippen MR) is 97.3 cm³/mol. The molecule has 0 saturated carbocycles. The Morgan fingerprint density at radius 1 is 1.25 bits per heavy atom. The highest BCUT2D eigenvalue weighted by molar-refractivity contribution is 6.32. The fourth-order valence-electron chi connectivity index (χ4n) is 2.01. The fraction of sp³-hybridized carbons (Fsp3) is 0.167. The molecule has 6 heteroatoms. The summed E-state index contributed by atoms with van der Waals surface area (Å²) >= 11 is 6.04. The molecule has 0 aliphatic carbocycles. The summed E-state index contributed by atoms with van der Waals surface area (Å²) in [6.07, 6.45) is 1.66. The third-order valence-corrected chi connectivity index (χ3v) is 3.41. The summed E-state index contributed by atoms with van der Waals surface area (Å²) < 4.78 is 10.6. The molecule has 0 aromatic heterocycles. The van der Waals surface area contributed by atoms with Crippen molar-refractivity contribution in [2.45, 2.75) is 0 Å². The van der Waals surface area contributed by atoms with E-state index in [2.05, 4.69) is 17.2 Å². The lowest BCUT2D eigenvalue weighted by molar-refractivity contribution is -0.114. The van der Waals surface area contributed by atoms with E-state index in [0.717, 1.165) is 5.69 Å². The van der Waals surface area contributed by atoms with Crippen molar-refractivity contribution < 1.29 is 14.3 Å². The topological polar surface area (TPSA) is 59.6 Å². The van der Waals surface area contributed by atoms with Gasteiger partial charge in [-0.25, -0.2) is 0 Å². The zero-order chi connectivity index (χ0) is 17.4. The second-order valence-electron chi connectivity index (χ2n) is 4.85. The van der Waals surface area contributed by atoms with Gasteiger partial charge in [0.05, 0.1) is 24.4 Å². The van der Waals surface area contributed by atoms with E-state index < -0.39 is 0 Å². The number of halogens is 1. The molecule has 0 saturated heterocycles. The molecule has 0 unspecified atom stereocenters. The number of benzene rings is 2. The van der Waals surface area contributed by atoms with Gasteiger partial charge >= 0.3 is 0 Å². The molecule has 2 aromatic carbocycles. The van der Waals surface area contributed by atoms with Crippen LogP contribution >= 0.6 is 11.6 Å². The van der Waals surface area contributed by atoms with Crippen molar-refractivity contribution in [3.63, 3.8) is 0 Å². The SMILES string of the molecule is C=CCOc1ccccc1NCC(=O)Nc1ccc(OC)c(Cl)c1. The number of methoxy groups -OCH3 is 1. The highest BCUT2D eigenvalue weighted by atomic mass is 35.5. The third kappa shape index (κ3) is 4.93. The Bertz CT molecular complexity index is 719. The summed E-state index contributed by atoms with van der Waals surface area (Å²) in [5.74, 6) is 1.02. The molecule has 2 aromatic rings. The quantitative estimate of drug-likeness (QED) is 0.710. The molecule has 0 atom stereocenters. The second kappa shape index (κ2) is 8.84. The molecule has 0 spiro atoms. The summed E-state index contributed by atoms with van der Waals surface area (Å²) in [6.45, 7) is 4.11. The van der Waals surface area contributed by atoms with Gasteiger partial charge in [-0.1, -0.05) is 36.4 Å². The molecule has 0 heterocycles. The van der Waals surface area contributed by atoms with Crippen LogP contribution in [0, 0.1) is 0 Å². The van der Waals surface area contributed by atoms with Crippen LogP contribution in [0.15, 0.2) is 55.1 Å². The Hall–Kier alpha value is -2.66. The molecule has 1 amide bonds. The Morgan fingerprint density at radius 3 is 2.75 bits per heavy atom. The van der Waals surface area contributed by atoms with Gasteiger partial charge < -0.3 is 20.1 Å². The number of hydrogen-bond acceptors (Lipinski definition) is 4. The lowest BCUT2D eigenvalue weighted by atomic mass is 10.3. The molecule has 5 nitrogen and oxygen atoms in total. The van der Waals surface area contributed by atoms with E-state index in [9.17, 15) is 4.79 Å². The van der Waals surface area contributed by atoms with E-state index in [-0.39, 0.29) is 12.5 Å².